The Kier molecular flexibility index (Phi) is 11.0. The van der Waals surface area contributed by atoms with Crippen LogP contribution in [0.25, 0.3) is 10.9 Å². The fourth-order valence-electron chi connectivity index (χ4n) is 4.76. The lowest BCUT2D eigenvalue weighted by atomic mass is 10.1. The van der Waals surface area contributed by atoms with E-state index in [-0.39, 0.29) is 29.8 Å². The van der Waals surface area contributed by atoms with Crippen molar-refractivity contribution in [1.29, 1.82) is 0 Å². The number of anilines is 1. The molecule has 1 aliphatic heterocycles. The monoisotopic (exact) mass is 654 g/mol. The maximum absolute atomic E-state index is 15.1. The minimum atomic E-state index is -0.703. The second-order valence-electron chi connectivity index (χ2n) is 10.3. The first-order chi connectivity index (χ1) is 21.8. The van der Waals surface area contributed by atoms with Crippen molar-refractivity contribution in [2.45, 2.75) is 12.5 Å². The molecule has 13 heteroatoms. The van der Waals surface area contributed by atoms with E-state index in [1.54, 1.807) is 54.7 Å². The molecule has 1 saturated heterocycles. The maximum Gasteiger partial charge on any atom is 0.230 e. The van der Waals surface area contributed by atoms with Gasteiger partial charge in [0.25, 0.3) is 0 Å². The molecule has 0 aliphatic carbocycles. The van der Waals surface area contributed by atoms with Crippen LogP contribution in [0, 0.1) is 5.82 Å². The van der Waals surface area contributed by atoms with Crippen molar-refractivity contribution in [3.05, 3.63) is 83.3 Å². The van der Waals surface area contributed by atoms with Crippen molar-refractivity contribution in [3.8, 4) is 23.0 Å². The molecule has 1 amide bonds. The number of hydrogen-bond acceptors (Lipinski definition) is 9. The molecule has 3 N–H and O–H groups in total. The van der Waals surface area contributed by atoms with Crippen molar-refractivity contribution < 1.29 is 33.2 Å². The highest BCUT2D eigenvalue weighted by Gasteiger charge is 2.18. The smallest absolute Gasteiger partial charge is 0.230 e. The number of carbonyl (C=O) groups excluding carboxylic acids is 1. The second kappa shape index (κ2) is 15.3. The number of hydrogen-bond donors (Lipinski definition) is 3. The molecule has 45 heavy (non-hydrogen) atoms. The van der Waals surface area contributed by atoms with Gasteiger partial charge in [0, 0.05) is 54.1 Å². The van der Waals surface area contributed by atoms with Gasteiger partial charge in [-0.3, -0.25) is 14.7 Å². The van der Waals surface area contributed by atoms with Crippen molar-refractivity contribution >= 4 is 51.4 Å². The van der Waals surface area contributed by atoms with Crippen LogP contribution in [0.5, 0.6) is 23.0 Å². The highest BCUT2D eigenvalue weighted by molar-refractivity contribution is 7.80. The van der Waals surface area contributed by atoms with E-state index in [0.717, 1.165) is 18.7 Å². The quantitative estimate of drug-likeness (QED) is 0.192. The number of fused-ring (bicyclic) bond motifs is 1. The Balaban J connectivity index is 1.21. The molecule has 1 fully saturated rings. The fourth-order valence-corrected chi connectivity index (χ4v) is 5.20. The molecule has 0 saturated carbocycles. The number of methoxy groups -OCH3 is 1. The zero-order valence-electron chi connectivity index (χ0n) is 24.4. The van der Waals surface area contributed by atoms with Gasteiger partial charge >= 0.3 is 0 Å². The number of rotatable bonds is 11. The molecule has 0 bridgehead atoms. The van der Waals surface area contributed by atoms with Crippen molar-refractivity contribution in [2.24, 2.45) is 0 Å². The number of aliphatic hydroxyl groups excluding tert-OH is 1. The lowest BCUT2D eigenvalue weighted by Gasteiger charge is -2.28. The van der Waals surface area contributed by atoms with E-state index in [4.69, 9.17) is 42.8 Å². The number of amides is 1. The predicted octanol–water partition coefficient (Wildman–Crippen LogP) is 4.96. The molecule has 1 unspecified atom stereocenters. The van der Waals surface area contributed by atoms with E-state index in [2.05, 4.69) is 20.5 Å². The third-order valence-corrected chi connectivity index (χ3v) is 7.35. The van der Waals surface area contributed by atoms with Crippen LogP contribution in [0.15, 0.2) is 66.9 Å². The number of thiocarbonyl (C=S) groups is 1. The average molecular weight is 655 g/mol. The van der Waals surface area contributed by atoms with E-state index >= 15 is 4.39 Å². The van der Waals surface area contributed by atoms with Gasteiger partial charge in [0.1, 0.15) is 18.5 Å². The van der Waals surface area contributed by atoms with Gasteiger partial charge in [0.15, 0.2) is 28.2 Å². The Morgan fingerprint density at radius 3 is 2.69 bits per heavy atom. The van der Waals surface area contributed by atoms with Crippen LogP contribution in [0.3, 0.4) is 0 Å². The van der Waals surface area contributed by atoms with Crippen LogP contribution >= 0.6 is 23.8 Å². The number of aromatic nitrogens is 1. The SMILES string of the molecule is COc1cc2c(Oc3ccc(NC(=S)NC(=O)Cc4cccc(Cl)c4)cc3F)ccnc2cc1OCC(O)CN1CCOCC1. The lowest BCUT2D eigenvalue weighted by molar-refractivity contribution is -0.119. The summed E-state index contributed by atoms with van der Waals surface area (Å²) in [5.41, 5.74) is 1.59. The molecule has 4 aromatic rings. The number of carbonyl (C=O) groups is 1. The zero-order chi connectivity index (χ0) is 31.8. The third-order valence-electron chi connectivity index (χ3n) is 6.91. The summed E-state index contributed by atoms with van der Waals surface area (Å²) in [4.78, 5) is 18.9. The first kappa shape index (κ1) is 32.3. The summed E-state index contributed by atoms with van der Waals surface area (Å²) in [6.07, 6.45) is 0.921. The third kappa shape index (κ3) is 8.99. The molecule has 5 rings (SSSR count). The summed E-state index contributed by atoms with van der Waals surface area (Å²) in [7, 11) is 1.50. The van der Waals surface area contributed by atoms with Crippen molar-refractivity contribution in [2.75, 3.05) is 51.9 Å². The van der Waals surface area contributed by atoms with Gasteiger partial charge in [-0.15, -0.1) is 0 Å². The maximum atomic E-state index is 15.1. The van der Waals surface area contributed by atoms with E-state index in [9.17, 15) is 9.90 Å². The Bertz CT molecular complexity index is 1670. The molecule has 1 aliphatic rings. The van der Waals surface area contributed by atoms with Gasteiger partial charge < -0.3 is 34.7 Å². The molecule has 0 radical (unpaired) electrons. The summed E-state index contributed by atoms with van der Waals surface area (Å²) >= 11 is 11.2. The molecule has 1 atom stereocenters. The van der Waals surface area contributed by atoms with E-state index in [1.807, 2.05) is 0 Å². The van der Waals surface area contributed by atoms with Gasteiger partial charge in [-0.25, -0.2) is 4.39 Å². The first-order valence-electron chi connectivity index (χ1n) is 14.2. The minimum Gasteiger partial charge on any atom is -0.493 e. The van der Waals surface area contributed by atoms with Gasteiger partial charge in [-0.1, -0.05) is 23.7 Å². The number of ether oxygens (including phenoxy) is 4. The van der Waals surface area contributed by atoms with Crippen LogP contribution in [-0.4, -0.2) is 78.7 Å². The number of nitrogens with one attached hydrogen (secondary N) is 2. The summed E-state index contributed by atoms with van der Waals surface area (Å²) in [5, 5.41) is 17.0. The van der Waals surface area contributed by atoms with Crippen molar-refractivity contribution in [3.63, 3.8) is 0 Å². The fraction of sp³-hybridized carbons (Fsp3) is 0.281. The van der Waals surface area contributed by atoms with E-state index in [0.29, 0.717) is 58.6 Å². The molecule has 1 aromatic heterocycles. The predicted molar refractivity (Wildman–Crippen MR) is 173 cm³/mol. The van der Waals surface area contributed by atoms with E-state index in [1.165, 1.54) is 19.2 Å². The van der Waals surface area contributed by atoms with Gasteiger partial charge in [0.2, 0.25) is 5.91 Å². The number of benzene rings is 3. The van der Waals surface area contributed by atoms with E-state index < -0.39 is 11.9 Å². The minimum absolute atomic E-state index is 0.0222. The van der Waals surface area contributed by atoms with Gasteiger partial charge in [-0.2, -0.15) is 0 Å². The summed E-state index contributed by atoms with van der Waals surface area (Å²) in [6.45, 7) is 3.36. The van der Waals surface area contributed by atoms with Crippen LogP contribution < -0.4 is 24.8 Å². The molecule has 0 spiro atoms. The average Bonchev–Trinajstić information content (AvgIpc) is 3.01. The van der Waals surface area contributed by atoms with Crippen molar-refractivity contribution in [1.82, 2.24) is 15.2 Å². The lowest BCUT2D eigenvalue weighted by Crippen LogP contribution is -2.42. The Morgan fingerprint density at radius 1 is 1.11 bits per heavy atom. The highest BCUT2D eigenvalue weighted by Crippen LogP contribution is 2.38. The standard InChI is InChI=1S/C32H32ClFN4O6S/c1-41-29-16-24-26(17-30(29)43-19-23(39)18-38-9-11-42-12-10-38)35-8-7-27(24)44-28-6-5-22(15-25(28)34)36-32(45)37-31(40)14-20-3-2-4-21(33)13-20/h2-8,13,15-17,23,39H,9-12,14,18-19H2,1H3,(H2,36,37,40,45). The topological polar surface area (TPSA) is 114 Å². The van der Waals surface area contributed by atoms with Gasteiger partial charge in [0.05, 0.1) is 32.3 Å². The van der Waals surface area contributed by atoms with Crippen LogP contribution in [0.1, 0.15) is 5.56 Å². The molecular weight excluding hydrogens is 623 g/mol. The molecule has 3 aromatic carbocycles. The Labute approximate surface area is 270 Å². The Hall–Kier alpha value is -4.07. The second-order valence-corrected chi connectivity index (χ2v) is 11.1. The zero-order valence-corrected chi connectivity index (χ0v) is 26.0. The van der Waals surface area contributed by atoms with Crippen LogP contribution in [0.4, 0.5) is 10.1 Å². The molecule has 236 valence electrons. The number of β-amino-alcohol motifs (C(OH)–C–C–N with tert-alkyl or cyclic N) is 1. The Morgan fingerprint density at radius 2 is 1.93 bits per heavy atom. The summed E-state index contributed by atoms with van der Waals surface area (Å²) < 4.78 is 37.8. The van der Waals surface area contributed by atoms with Gasteiger partial charge in [-0.05, 0) is 54.2 Å². The number of halogens is 2. The molecular formula is C32H32ClFN4O6S. The largest absolute Gasteiger partial charge is 0.493 e. The molecule has 2 heterocycles. The summed E-state index contributed by atoms with van der Waals surface area (Å²) in [5.74, 6) is 0.139. The first-order valence-corrected chi connectivity index (χ1v) is 15.0. The normalized spacial score (nSPS) is 14.0. The number of morpholine rings is 1. The number of aliphatic hydroxyl groups is 1. The molecule has 10 nitrogen and oxygen atoms in total. The number of pyridine rings is 1. The summed E-state index contributed by atoms with van der Waals surface area (Å²) in [6, 6.07) is 16.2. The van der Waals surface area contributed by atoms with Crippen LogP contribution in [-0.2, 0) is 16.0 Å². The number of nitrogens with zero attached hydrogens (tertiary/aromatic N) is 2. The highest BCUT2D eigenvalue weighted by atomic mass is 35.5. The van der Waals surface area contributed by atoms with Crippen LogP contribution in [0.2, 0.25) is 5.02 Å².